The Bertz CT molecular complexity index is 2550. The van der Waals surface area contributed by atoms with Crippen molar-refractivity contribution in [3.8, 4) is 44.0 Å². The monoisotopic (exact) mass is 844 g/mol. The van der Waals surface area contributed by atoms with E-state index in [-0.39, 0.29) is 4.21 Å². The fraction of sp³-hybridized carbons (Fsp3) is 0.189. The van der Waals surface area contributed by atoms with Crippen LogP contribution in [0.25, 0.3) is 44.7 Å². The zero-order chi connectivity index (χ0) is 36.9. The van der Waals surface area contributed by atoms with Gasteiger partial charge in [0.1, 0.15) is 11.5 Å². The van der Waals surface area contributed by atoms with Gasteiger partial charge in [-0.15, -0.1) is 22.7 Å². The molecule has 53 heavy (non-hydrogen) atoms. The van der Waals surface area contributed by atoms with Crippen molar-refractivity contribution in [1.82, 2.24) is 19.6 Å². The molecule has 16 heteroatoms. The number of rotatable bonds is 9. The lowest BCUT2D eigenvalue weighted by molar-refractivity contribution is 0.326. The van der Waals surface area contributed by atoms with E-state index in [0.29, 0.717) is 73.8 Å². The topological polar surface area (TPSA) is 108 Å². The molecule has 272 valence electrons. The standard InChI is InChI=1S/C37H28Cl4N4O5S3/c38-21-8-10-29(25(40)18-21)44-34-23(12-15-49-31-14-17-51-36(31)34)27(42-44)6-4-2-1-3-5-7-28-24-13-16-50-32-20-33(53(46,47)48)52-37(32)35(24)45(43-28)30-11-9-22(39)19-26(30)41/h4-11,14,17-20H,1-3,12-13,15-16H2,(H,46,47,48). The Morgan fingerprint density at radius 2 is 1.30 bits per heavy atom. The third kappa shape index (κ3) is 7.19. The minimum Gasteiger partial charge on any atom is -0.492 e. The minimum absolute atomic E-state index is 0.211. The van der Waals surface area contributed by atoms with Crippen LogP contribution in [0.4, 0.5) is 0 Å². The molecule has 0 bridgehead atoms. The second-order valence-corrected chi connectivity index (χ2v) is 17.5. The Morgan fingerprint density at radius 1 is 0.755 bits per heavy atom. The number of nitrogens with zero attached hydrogens (tertiary/aromatic N) is 4. The van der Waals surface area contributed by atoms with Crippen LogP contribution in [-0.4, -0.2) is 45.7 Å². The first kappa shape index (κ1) is 36.4. The minimum atomic E-state index is -4.44. The Balaban J connectivity index is 1.04. The molecule has 2 aromatic carbocycles. The predicted molar refractivity (Wildman–Crippen MR) is 214 cm³/mol. The molecule has 0 fully saturated rings. The second kappa shape index (κ2) is 14.9. The zero-order valence-electron chi connectivity index (χ0n) is 27.6. The first-order chi connectivity index (χ1) is 25.6. The van der Waals surface area contributed by atoms with Gasteiger partial charge in [-0.1, -0.05) is 58.6 Å². The number of thiophene rings is 2. The van der Waals surface area contributed by atoms with Crippen LogP contribution in [0.15, 0.2) is 70.3 Å². The van der Waals surface area contributed by atoms with Crippen molar-refractivity contribution in [1.29, 1.82) is 0 Å². The summed E-state index contributed by atoms with van der Waals surface area (Å²) >= 11 is 28.2. The average molecular weight is 847 g/mol. The molecule has 4 aromatic heterocycles. The van der Waals surface area contributed by atoms with Gasteiger partial charge >= 0.3 is 10.1 Å². The molecule has 0 radical (unpaired) electrons. The molecule has 0 unspecified atom stereocenters. The van der Waals surface area contributed by atoms with Crippen LogP contribution in [0.2, 0.25) is 20.1 Å². The first-order valence-corrected chi connectivity index (χ1v) is 21.1. The molecule has 1 N–H and O–H groups in total. The summed E-state index contributed by atoms with van der Waals surface area (Å²) in [5.74, 6) is 1.20. The van der Waals surface area contributed by atoms with Gasteiger partial charge in [0.15, 0.2) is 4.21 Å². The van der Waals surface area contributed by atoms with Crippen molar-refractivity contribution in [3.63, 3.8) is 0 Å². The fourth-order valence-corrected chi connectivity index (χ4v) is 10.1. The molecule has 2 aliphatic rings. The number of hydrogen-bond donors (Lipinski definition) is 1. The summed E-state index contributed by atoms with van der Waals surface area (Å²) in [5.41, 5.74) is 6.52. The molecule has 6 aromatic rings. The van der Waals surface area contributed by atoms with Crippen molar-refractivity contribution < 1.29 is 22.4 Å². The van der Waals surface area contributed by atoms with E-state index in [4.69, 9.17) is 66.1 Å². The summed E-state index contributed by atoms with van der Waals surface area (Å²) in [6, 6.07) is 13.8. The summed E-state index contributed by atoms with van der Waals surface area (Å²) in [6.07, 6.45) is 12.0. The second-order valence-electron chi connectivity index (χ2n) is 12.2. The maximum Gasteiger partial charge on any atom is 0.304 e. The van der Waals surface area contributed by atoms with E-state index >= 15 is 0 Å². The van der Waals surface area contributed by atoms with Gasteiger partial charge in [0.25, 0.3) is 0 Å². The average Bonchev–Trinajstić information content (AvgIpc) is 3.86. The summed E-state index contributed by atoms with van der Waals surface area (Å²) in [5, 5.41) is 13.9. The van der Waals surface area contributed by atoms with Gasteiger partial charge in [0.05, 0.1) is 67.2 Å². The highest BCUT2D eigenvalue weighted by Crippen LogP contribution is 2.46. The zero-order valence-corrected chi connectivity index (χ0v) is 33.0. The molecule has 0 saturated carbocycles. The molecule has 9 nitrogen and oxygen atoms in total. The molecule has 6 heterocycles. The lowest BCUT2D eigenvalue weighted by Gasteiger charge is -2.09. The Morgan fingerprint density at radius 3 is 1.85 bits per heavy atom. The quantitative estimate of drug-likeness (QED) is 0.114. The molecule has 0 spiro atoms. The van der Waals surface area contributed by atoms with Gasteiger partial charge in [0, 0.05) is 40.1 Å². The van der Waals surface area contributed by atoms with Crippen LogP contribution in [0.1, 0.15) is 41.8 Å². The third-order valence-electron chi connectivity index (χ3n) is 8.81. The fourth-order valence-electron chi connectivity index (χ4n) is 6.42. The summed E-state index contributed by atoms with van der Waals surface area (Å²) in [7, 11) is -4.44. The van der Waals surface area contributed by atoms with Gasteiger partial charge in [-0.05, 0) is 79.3 Å². The van der Waals surface area contributed by atoms with Crippen molar-refractivity contribution >= 4 is 91.3 Å². The number of allylic oxidation sites excluding steroid dienone is 2. The van der Waals surface area contributed by atoms with Crippen molar-refractivity contribution in [2.75, 3.05) is 13.2 Å². The normalized spacial score (nSPS) is 14.0. The summed E-state index contributed by atoms with van der Waals surface area (Å²) in [6.45, 7) is 0.852. The van der Waals surface area contributed by atoms with E-state index in [0.717, 1.165) is 69.4 Å². The number of hydrogen-bond acceptors (Lipinski definition) is 8. The third-order valence-corrected chi connectivity index (χ3v) is 13.2. The van der Waals surface area contributed by atoms with E-state index in [1.165, 1.54) is 6.07 Å². The predicted octanol–water partition coefficient (Wildman–Crippen LogP) is 11.1. The number of fused-ring (bicyclic) bond motifs is 6. The maximum absolute atomic E-state index is 12.0. The number of aromatic nitrogens is 4. The molecule has 0 aliphatic carbocycles. The number of ether oxygens (including phenoxy) is 2. The molecule has 8 rings (SSSR count). The molecule has 0 amide bonds. The Kier molecular flexibility index (Phi) is 10.2. The highest BCUT2D eigenvalue weighted by Gasteiger charge is 2.30. The lowest BCUT2D eigenvalue weighted by Crippen LogP contribution is -2.00. The van der Waals surface area contributed by atoms with E-state index in [1.807, 2.05) is 34.3 Å². The van der Waals surface area contributed by atoms with Crippen LogP contribution in [0.3, 0.4) is 0 Å². The number of benzene rings is 2. The van der Waals surface area contributed by atoms with Crippen LogP contribution in [0, 0.1) is 0 Å². The van der Waals surface area contributed by atoms with Crippen molar-refractivity contribution in [2.24, 2.45) is 0 Å². The van der Waals surface area contributed by atoms with E-state index in [2.05, 4.69) is 18.2 Å². The number of unbranched alkanes of at least 4 members (excludes halogenated alkanes) is 2. The first-order valence-electron chi connectivity index (χ1n) is 16.5. The molecule has 0 atom stereocenters. The van der Waals surface area contributed by atoms with Gasteiger partial charge in [-0.2, -0.15) is 18.6 Å². The summed E-state index contributed by atoms with van der Waals surface area (Å²) in [4.78, 5) is 1.55. The van der Waals surface area contributed by atoms with E-state index < -0.39 is 10.1 Å². The molecule has 0 saturated heterocycles. The maximum atomic E-state index is 12.0. The molecular weight excluding hydrogens is 818 g/mol. The van der Waals surface area contributed by atoms with Crippen molar-refractivity contribution in [2.45, 2.75) is 36.3 Å². The Hall–Kier alpha value is -3.59. The van der Waals surface area contributed by atoms with Crippen LogP contribution < -0.4 is 9.47 Å². The largest absolute Gasteiger partial charge is 0.492 e. The highest BCUT2D eigenvalue weighted by molar-refractivity contribution is 7.88. The van der Waals surface area contributed by atoms with Gasteiger partial charge in [-0.3, -0.25) is 4.55 Å². The van der Waals surface area contributed by atoms with Crippen LogP contribution in [0.5, 0.6) is 11.5 Å². The van der Waals surface area contributed by atoms with Gasteiger partial charge in [-0.25, -0.2) is 9.36 Å². The van der Waals surface area contributed by atoms with E-state index in [1.54, 1.807) is 40.3 Å². The molecule has 2 aliphatic heterocycles. The van der Waals surface area contributed by atoms with Crippen molar-refractivity contribution in [3.05, 3.63) is 109 Å². The van der Waals surface area contributed by atoms with Crippen LogP contribution >= 0.6 is 69.1 Å². The summed E-state index contributed by atoms with van der Waals surface area (Å²) < 4.78 is 49.3. The smallest absolute Gasteiger partial charge is 0.304 e. The lowest BCUT2D eigenvalue weighted by atomic mass is 10.1. The Labute approximate surface area is 333 Å². The highest BCUT2D eigenvalue weighted by atomic mass is 35.5. The van der Waals surface area contributed by atoms with Gasteiger partial charge in [0.2, 0.25) is 0 Å². The number of halogens is 4. The SMILES string of the molecule is O=S(=O)(O)c1cc2c(s1)-c1c(c(C=CCCCC=Cc3nn(-c4ccc(Cl)cc4Cl)c4c3CCOc3ccsc3-4)nn1-c1ccc(Cl)cc1Cl)CCO2. The van der Waals surface area contributed by atoms with Crippen LogP contribution in [-0.2, 0) is 23.0 Å². The van der Waals surface area contributed by atoms with E-state index in [9.17, 15) is 13.0 Å². The van der Waals surface area contributed by atoms with Gasteiger partial charge < -0.3 is 9.47 Å². The molecular formula is C37H28Cl4N4O5S3.